The van der Waals surface area contributed by atoms with E-state index >= 15 is 0 Å². The monoisotopic (exact) mass is 300 g/mol. The summed E-state index contributed by atoms with van der Waals surface area (Å²) < 4.78 is 12.8. The van der Waals surface area contributed by atoms with Crippen molar-refractivity contribution in [3.05, 3.63) is 65.0 Å². The van der Waals surface area contributed by atoms with Crippen molar-refractivity contribution in [2.45, 2.75) is 20.3 Å². The van der Waals surface area contributed by atoms with Gasteiger partial charge in [-0.15, -0.1) is 0 Å². The number of carbonyl (C=O) groups excluding carboxylic acids is 1. The number of rotatable bonds is 6. The molecule has 0 heterocycles. The van der Waals surface area contributed by atoms with E-state index in [-0.39, 0.29) is 18.3 Å². The summed E-state index contributed by atoms with van der Waals surface area (Å²) in [6, 6.07) is 12.3. The molecular formula is C18H21FN2O. The number of hydrogen-bond acceptors (Lipinski definition) is 2. The zero-order chi connectivity index (χ0) is 15.9. The van der Waals surface area contributed by atoms with Crippen LogP contribution < -0.4 is 10.6 Å². The number of halogens is 1. The van der Waals surface area contributed by atoms with Crippen LogP contribution in [0.2, 0.25) is 0 Å². The second-order valence-corrected chi connectivity index (χ2v) is 5.40. The summed E-state index contributed by atoms with van der Waals surface area (Å²) in [6.07, 6.45) is 0.761. The van der Waals surface area contributed by atoms with Crippen molar-refractivity contribution in [2.24, 2.45) is 0 Å². The molecule has 0 saturated heterocycles. The van der Waals surface area contributed by atoms with Gasteiger partial charge >= 0.3 is 0 Å². The fourth-order valence-electron chi connectivity index (χ4n) is 2.11. The summed E-state index contributed by atoms with van der Waals surface area (Å²) in [7, 11) is 0. The molecule has 4 heteroatoms. The fourth-order valence-corrected chi connectivity index (χ4v) is 2.11. The summed E-state index contributed by atoms with van der Waals surface area (Å²) in [5, 5.41) is 5.95. The minimum Gasteiger partial charge on any atom is -0.325 e. The molecule has 2 aromatic carbocycles. The molecule has 0 aliphatic rings. The highest BCUT2D eigenvalue weighted by molar-refractivity contribution is 5.92. The van der Waals surface area contributed by atoms with Crippen LogP contribution in [-0.4, -0.2) is 19.0 Å². The van der Waals surface area contributed by atoms with E-state index in [1.807, 2.05) is 32.0 Å². The molecule has 0 atom stereocenters. The number of nitrogens with one attached hydrogen (secondary N) is 2. The van der Waals surface area contributed by atoms with Gasteiger partial charge in [-0.3, -0.25) is 4.79 Å². The number of hydrogen-bond donors (Lipinski definition) is 2. The quantitative estimate of drug-likeness (QED) is 0.804. The highest BCUT2D eigenvalue weighted by Gasteiger charge is 2.03. The van der Waals surface area contributed by atoms with Crippen LogP contribution >= 0.6 is 0 Å². The van der Waals surface area contributed by atoms with Crippen LogP contribution in [0.4, 0.5) is 10.1 Å². The van der Waals surface area contributed by atoms with E-state index < -0.39 is 0 Å². The Bertz CT molecular complexity index is 638. The first-order valence-corrected chi connectivity index (χ1v) is 7.37. The minimum atomic E-state index is -0.232. The SMILES string of the molecule is Cc1ccc(NC(=O)CNCCc2ccc(F)cc2)cc1C. The molecule has 0 radical (unpaired) electrons. The van der Waals surface area contributed by atoms with Crippen molar-refractivity contribution in [1.29, 1.82) is 0 Å². The Morgan fingerprint density at radius 2 is 1.77 bits per heavy atom. The third-order valence-corrected chi connectivity index (χ3v) is 3.58. The zero-order valence-electron chi connectivity index (χ0n) is 12.9. The number of amides is 1. The molecule has 0 bridgehead atoms. The third-order valence-electron chi connectivity index (χ3n) is 3.58. The highest BCUT2D eigenvalue weighted by Crippen LogP contribution is 2.13. The van der Waals surface area contributed by atoms with Gasteiger partial charge in [0.2, 0.25) is 5.91 Å². The van der Waals surface area contributed by atoms with Crippen molar-refractivity contribution in [1.82, 2.24) is 5.32 Å². The van der Waals surface area contributed by atoms with E-state index in [9.17, 15) is 9.18 Å². The smallest absolute Gasteiger partial charge is 0.238 e. The molecule has 2 rings (SSSR count). The predicted octanol–water partition coefficient (Wildman–Crippen LogP) is 3.21. The average molecular weight is 300 g/mol. The van der Waals surface area contributed by atoms with Crippen LogP contribution in [0.3, 0.4) is 0 Å². The van der Waals surface area contributed by atoms with E-state index in [0.717, 1.165) is 23.2 Å². The fraction of sp³-hybridized carbons (Fsp3) is 0.278. The maximum Gasteiger partial charge on any atom is 0.238 e. The Morgan fingerprint density at radius 1 is 1.05 bits per heavy atom. The van der Waals surface area contributed by atoms with Crippen molar-refractivity contribution < 1.29 is 9.18 Å². The van der Waals surface area contributed by atoms with Gasteiger partial charge in [-0.1, -0.05) is 18.2 Å². The van der Waals surface area contributed by atoms with Crippen molar-refractivity contribution in [2.75, 3.05) is 18.4 Å². The van der Waals surface area contributed by atoms with Gasteiger partial charge in [0.05, 0.1) is 6.54 Å². The second-order valence-electron chi connectivity index (χ2n) is 5.40. The third kappa shape index (κ3) is 4.97. The Hall–Kier alpha value is -2.20. The lowest BCUT2D eigenvalue weighted by atomic mass is 10.1. The summed E-state index contributed by atoms with van der Waals surface area (Å²) in [5.74, 6) is -0.299. The Morgan fingerprint density at radius 3 is 2.45 bits per heavy atom. The van der Waals surface area contributed by atoms with Crippen LogP contribution in [0, 0.1) is 19.7 Å². The lowest BCUT2D eigenvalue weighted by molar-refractivity contribution is -0.115. The molecule has 0 aromatic heterocycles. The van der Waals surface area contributed by atoms with Crippen LogP contribution in [-0.2, 0) is 11.2 Å². The van der Waals surface area contributed by atoms with E-state index in [1.54, 1.807) is 12.1 Å². The summed E-state index contributed by atoms with van der Waals surface area (Å²) in [5.41, 5.74) is 4.22. The van der Waals surface area contributed by atoms with Crippen LogP contribution in [0.1, 0.15) is 16.7 Å². The molecule has 0 aliphatic heterocycles. The predicted molar refractivity (Wildman–Crippen MR) is 87.5 cm³/mol. The van der Waals surface area contributed by atoms with Crippen molar-refractivity contribution in [3.8, 4) is 0 Å². The molecule has 1 amide bonds. The summed E-state index contributed by atoms with van der Waals surface area (Å²) in [6.45, 7) is 4.99. The van der Waals surface area contributed by atoms with E-state index in [4.69, 9.17) is 0 Å². The van der Waals surface area contributed by atoms with Crippen molar-refractivity contribution >= 4 is 11.6 Å². The Kier molecular flexibility index (Phi) is 5.67. The molecule has 0 saturated carbocycles. The van der Waals surface area contributed by atoms with Gasteiger partial charge in [-0.05, 0) is 67.8 Å². The molecule has 0 fully saturated rings. The summed E-state index contributed by atoms with van der Waals surface area (Å²) in [4.78, 5) is 11.8. The molecule has 2 aromatic rings. The first kappa shape index (κ1) is 16.2. The van der Waals surface area contributed by atoms with Crippen molar-refractivity contribution in [3.63, 3.8) is 0 Å². The maximum atomic E-state index is 12.8. The first-order valence-electron chi connectivity index (χ1n) is 7.37. The Balaban J connectivity index is 1.71. The second kappa shape index (κ2) is 7.71. The van der Waals surface area contributed by atoms with Gasteiger partial charge in [-0.25, -0.2) is 4.39 Å². The van der Waals surface area contributed by atoms with Gasteiger partial charge < -0.3 is 10.6 Å². The molecule has 0 unspecified atom stereocenters. The minimum absolute atomic E-state index is 0.0673. The molecule has 116 valence electrons. The highest BCUT2D eigenvalue weighted by atomic mass is 19.1. The van der Waals surface area contributed by atoms with Gasteiger partial charge in [0.15, 0.2) is 0 Å². The van der Waals surface area contributed by atoms with Crippen LogP contribution in [0.5, 0.6) is 0 Å². The van der Waals surface area contributed by atoms with Gasteiger partial charge in [0, 0.05) is 5.69 Å². The standard InChI is InChI=1S/C18H21FN2O/c1-13-3-8-17(11-14(13)2)21-18(22)12-20-10-9-15-4-6-16(19)7-5-15/h3-8,11,20H,9-10,12H2,1-2H3,(H,21,22). The van der Waals surface area contributed by atoms with E-state index in [0.29, 0.717) is 6.54 Å². The van der Waals surface area contributed by atoms with Gasteiger partial charge in [0.1, 0.15) is 5.82 Å². The number of benzene rings is 2. The molecule has 2 N–H and O–H groups in total. The topological polar surface area (TPSA) is 41.1 Å². The van der Waals surface area contributed by atoms with Gasteiger partial charge in [0.25, 0.3) is 0 Å². The molecule has 22 heavy (non-hydrogen) atoms. The molecule has 0 aliphatic carbocycles. The number of aryl methyl sites for hydroxylation is 2. The number of carbonyl (C=O) groups is 1. The van der Waals surface area contributed by atoms with E-state index in [2.05, 4.69) is 10.6 Å². The van der Waals surface area contributed by atoms with Gasteiger partial charge in [-0.2, -0.15) is 0 Å². The average Bonchev–Trinajstić information content (AvgIpc) is 2.49. The lowest BCUT2D eigenvalue weighted by Crippen LogP contribution is -2.29. The molecular weight excluding hydrogens is 279 g/mol. The normalized spacial score (nSPS) is 10.5. The molecule has 0 spiro atoms. The Labute approximate surface area is 130 Å². The summed E-state index contributed by atoms with van der Waals surface area (Å²) >= 11 is 0. The number of anilines is 1. The lowest BCUT2D eigenvalue weighted by Gasteiger charge is -2.08. The zero-order valence-corrected chi connectivity index (χ0v) is 12.9. The van der Waals surface area contributed by atoms with E-state index in [1.165, 1.54) is 17.7 Å². The largest absolute Gasteiger partial charge is 0.325 e. The molecule has 3 nitrogen and oxygen atoms in total. The van der Waals surface area contributed by atoms with Crippen LogP contribution in [0.15, 0.2) is 42.5 Å². The maximum absolute atomic E-state index is 12.8. The van der Waals surface area contributed by atoms with Crippen LogP contribution in [0.25, 0.3) is 0 Å². The first-order chi connectivity index (χ1) is 10.5.